The standard InChI is InChI=1S/C23H35N3S.C2H6/c1-17(2)15-20(9-6-8-18-7-4-5-10-21(18)24-3)23-26-16-22(27-23)19-11-13-25-14-12-19;1-2/h4-8,10,16-17,19-20,23-26H,9,11-15H2,1-3H3;1-2H3/b8-6+;. The highest BCUT2D eigenvalue weighted by molar-refractivity contribution is 8.03. The van der Waals surface area contributed by atoms with Crippen LogP contribution in [0.2, 0.25) is 0 Å². The SMILES string of the molecule is CC.CNc1ccccc1/C=C/CC(CC(C)C)C1NC=C(C2CCNCC2)S1. The van der Waals surface area contributed by atoms with E-state index in [-0.39, 0.29) is 0 Å². The first-order valence-corrected chi connectivity index (χ1v) is 12.3. The summed E-state index contributed by atoms with van der Waals surface area (Å²) in [6.07, 6.45) is 11.9. The number of rotatable bonds is 8. The third-order valence-corrected chi connectivity index (χ3v) is 7.06. The van der Waals surface area contributed by atoms with Crippen LogP contribution in [0, 0.1) is 17.8 Å². The summed E-state index contributed by atoms with van der Waals surface area (Å²) in [6, 6.07) is 8.50. The largest absolute Gasteiger partial charge is 0.388 e. The van der Waals surface area contributed by atoms with E-state index in [1.165, 1.54) is 30.5 Å². The van der Waals surface area contributed by atoms with E-state index in [9.17, 15) is 0 Å². The van der Waals surface area contributed by atoms with Crippen LogP contribution in [0.3, 0.4) is 0 Å². The molecule has 3 nitrogen and oxygen atoms in total. The van der Waals surface area contributed by atoms with Crippen LogP contribution >= 0.6 is 11.8 Å². The highest BCUT2D eigenvalue weighted by Gasteiger charge is 2.30. The normalized spacial score (nSPS) is 20.8. The van der Waals surface area contributed by atoms with Crippen molar-refractivity contribution in [3.63, 3.8) is 0 Å². The van der Waals surface area contributed by atoms with E-state index < -0.39 is 0 Å². The van der Waals surface area contributed by atoms with Gasteiger partial charge in [0.2, 0.25) is 0 Å². The first-order valence-electron chi connectivity index (χ1n) is 11.4. The zero-order valence-corrected chi connectivity index (χ0v) is 19.8. The Balaban J connectivity index is 0.00000145. The Morgan fingerprint density at radius 3 is 2.59 bits per heavy atom. The van der Waals surface area contributed by atoms with Crippen LogP contribution < -0.4 is 16.0 Å². The van der Waals surface area contributed by atoms with Gasteiger partial charge in [-0.3, -0.25) is 0 Å². The molecule has 1 saturated heterocycles. The molecule has 0 aliphatic carbocycles. The molecule has 0 radical (unpaired) electrons. The first kappa shape index (κ1) is 23.9. The fourth-order valence-corrected chi connectivity index (χ4v) is 5.53. The Hall–Kier alpha value is -1.39. The molecule has 4 heteroatoms. The van der Waals surface area contributed by atoms with Gasteiger partial charge in [0.25, 0.3) is 0 Å². The number of hydrogen-bond donors (Lipinski definition) is 3. The van der Waals surface area contributed by atoms with Crippen molar-refractivity contribution in [2.45, 2.75) is 58.8 Å². The van der Waals surface area contributed by atoms with Crippen LogP contribution in [-0.4, -0.2) is 25.5 Å². The number of hydrogen-bond acceptors (Lipinski definition) is 4. The second-order valence-corrected chi connectivity index (χ2v) is 9.36. The minimum atomic E-state index is 0.515. The Labute approximate surface area is 183 Å². The van der Waals surface area contributed by atoms with Gasteiger partial charge < -0.3 is 16.0 Å². The van der Waals surface area contributed by atoms with Crippen molar-refractivity contribution in [3.8, 4) is 0 Å². The second-order valence-electron chi connectivity index (χ2n) is 8.14. The summed E-state index contributed by atoms with van der Waals surface area (Å²) in [4.78, 5) is 1.58. The van der Waals surface area contributed by atoms with Gasteiger partial charge in [0, 0.05) is 23.8 Å². The molecule has 0 spiro atoms. The number of nitrogens with one attached hydrogen (secondary N) is 3. The molecule has 0 amide bonds. The molecule has 1 aromatic carbocycles. The predicted octanol–water partition coefficient (Wildman–Crippen LogP) is 6.32. The van der Waals surface area contributed by atoms with Gasteiger partial charge in [0.15, 0.2) is 0 Å². The lowest BCUT2D eigenvalue weighted by Crippen LogP contribution is -2.28. The molecule has 1 fully saturated rings. The monoisotopic (exact) mass is 415 g/mol. The second kappa shape index (κ2) is 13.0. The molecule has 2 aliphatic heterocycles. The Kier molecular flexibility index (Phi) is 10.7. The summed E-state index contributed by atoms with van der Waals surface area (Å²) in [5, 5.41) is 11.0. The minimum absolute atomic E-state index is 0.515. The smallest absolute Gasteiger partial charge is 0.0792 e. The van der Waals surface area contributed by atoms with Crippen LogP contribution in [0.15, 0.2) is 41.4 Å². The fourth-order valence-electron chi connectivity index (χ4n) is 4.12. The molecule has 3 rings (SSSR count). The van der Waals surface area contributed by atoms with Crippen molar-refractivity contribution in [2.75, 3.05) is 25.5 Å². The molecule has 0 aromatic heterocycles. The molecule has 29 heavy (non-hydrogen) atoms. The molecule has 0 bridgehead atoms. The van der Waals surface area contributed by atoms with E-state index in [2.05, 4.69) is 84.2 Å². The van der Waals surface area contributed by atoms with Gasteiger partial charge in [-0.1, -0.05) is 58.0 Å². The quantitative estimate of drug-likeness (QED) is 0.464. The number of thioether (sulfide) groups is 1. The number of benzene rings is 1. The van der Waals surface area contributed by atoms with E-state index in [1.807, 2.05) is 20.9 Å². The van der Waals surface area contributed by atoms with Crippen molar-refractivity contribution in [3.05, 3.63) is 47.0 Å². The topological polar surface area (TPSA) is 36.1 Å². The third-order valence-electron chi connectivity index (χ3n) is 5.56. The highest BCUT2D eigenvalue weighted by atomic mass is 32.2. The zero-order chi connectivity index (χ0) is 21.1. The number of anilines is 1. The third kappa shape index (κ3) is 7.42. The molecule has 162 valence electrons. The maximum Gasteiger partial charge on any atom is 0.0792 e. The first-order chi connectivity index (χ1) is 14.2. The maximum absolute atomic E-state index is 3.71. The van der Waals surface area contributed by atoms with E-state index in [4.69, 9.17) is 0 Å². The molecular weight excluding hydrogens is 374 g/mol. The van der Waals surface area contributed by atoms with Crippen molar-refractivity contribution in [1.82, 2.24) is 10.6 Å². The zero-order valence-electron chi connectivity index (χ0n) is 19.0. The minimum Gasteiger partial charge on any atom is -0.388 e. The van der Waals surface area contributed by atoms with E-state index >= 15 is 0 Å². The summed E-state index contributed by atoms with van der Waals surface area (Å²) in [5.41, 5.74) is 2.46. The maximum atomic E-state index is 3.71. The molecule has 3 N–H and O–H groups in total. The Morgan fingerprint density at radius 2 is 1.90 bits per heavy atom. The summed E-state index contributed by atoms with van der Waals surface area (Å²) in [5.74, 6) is 2.13. The van der Waals surface area contributed by atoms with Crippen LogP contribution in [0.4, 0.5) is 5.69 Å². The van der Waals surface area contributed by atoms with Gasteiger partial charge in [-0.25, -0.2) is 0 Å². The molecular formula is C25H41N3S. The van der Waals surface area contributed by atoms with Gasteiger partial charge >= 0.3 is 0 Å². The lowest BCUT2D eigenvalue weighted by Gasteiger charge is -2.26. The van der Waals surface area contributed by atoms with Gasteiger partial charge in [0.1, 0.15) is 0 Å². The van der Waals surface area contributed by atoms with Gasteiger partial charge in [-0.05, 0) is 68.2 Å². The Morgan fingerprint density at radius 1 is 1.17 bits per heavy atom. The number of para-hydroxylation sites is 1. The summed E-state index contributed by atoms with van der Waals surface area (Å²) < 4.78 is 0. The molecule has 2 unspecified atom stereocenters. The summed E-state index contributed by atoms with van der Waals surface area (Å²) in [6.45, 7) is 11.0. The molecule has 2 atom stereocenters. The summed E-state index contributed by atoms with van der Waals surface area (Å²) >= 11 is 2.10. The van der Waals surface area contributed by atoms with Crippen molar-refractivity contribution < 1.29 is 0 Å². The molecule has 0 saturated carbocycles. The van der Waals surface area contributed by atoms with Gasteiger partial charge in [0.05, 0.1) is 5.37 Å². The number of piperidine rings is 1. The molecule has 2 heterocycles. The van der Waals surface area contributed by atoms with Gasteiger partial charge in [-0.2, -0.15) is 0 Å². The van der Waals surface area contributed by atoms with Crippen molar-refractivity contribution in [1.29, 1.82) is 0 Å². The summed E-state index contributed by atoms with van der Waals surface area (Å²) in [7, 11) is 1.99. The van der Waals surface area contributed by atoms with Crippen LogP contribution in [-0.2, 0) is 0 Å². The van der Waals surface area contributed by atoms with E-state index in [0.717, 1.165) is 31.3 Å². The number of allylic oxidation sites excluding steroid dienone is 2. The van der Waals surface area contributed by atoms with E-state index in [1.54, 1.807) is 4.91 Å². The molecule has 2 aliphatic rings. The van der Waals surface area contributed by atoms with Gasteiger partial charge in [-0.15, -0.1) is 11.8 Å². The van der Waals surface area contributed by atoms with E-state index in [0.29, 0.717) is 11.3 Å². The van der Waals surface area contributed by atoms with Crippen LogP contribution in [0.1, 0.15) is 58.9 Å². The van der Waals surface area contributed by atoms with Crippen LogP contribution in [0.5, 0.6) is 0 Å². The van der Waals surface area contributed by atoms with Crippen LogP contribution in [0.25, 0.3) is 6.08 Å². The van der Waals surface area contributed by atoms with Crippen molar-refractivity contribution in [2.24, 2.45) is 17.8 Å². The fraction of sp³-hybridized carbons (Fsp3) is 0.600. The lowest BCUT2D eigenvalue weighted by atomic mass is 9.93. The predicted molar refractivity (Wildman–Crippen MR) is 132 cm³/mol. The average molecular weight is 416 g/mol. The Bertz CT molecular complexity index is 647. The lowest BCUT2D eigenvalue weighted by molar-refractivity contribution is 0.388. The van der Waals surface area contributed by atoms with Crippen molar-refractivity contribution >= 4 is 23.5 Å². The molecule has 1 aromatic rings. The highest BCUT2D eigenvalue weighted by Crippen LogP contribution is 2.40. The average Bonchev–Trinajstić information content (AvgIpc) is 3.25.